The quantitative estimate of drug-likeness (QED) is 0.607. The predicted molar refractivity (Wildman–Crippen MR) is 101 cm³/mol. The van der Waals surface area contributed by atoms with E-state index in [9.17, 15) is 9.59 Å². The summed E-state index contributed by atoms with van der Waals surface area (Å²) in [7, 11) is 0. The maximum absolute atomic E-state index is 13.1. The first kappa shape index (κ1) is 16.1. The molecule has 0 spiro atoms. The molecule has 3 heterocycles. The molecule has 0 bridgehead atoms. The van der Waals surface area contributed by atoms with E-state index in [0.717, 1.165) is 28.0 Å². The van der Waals surface area contributed by atoms with E-state index in [2.05, 4.69) is 20.7 Å². The minimum atomic E-state index is -0.222. The van der Waals surface area contributed by atoms with Crippen LogP contribution in [0.4, 0.5) is 0 Å². The lowest BCUT2D eigenvalue weighted by Gasteiger charge is -2.09. The molecular weight excluding hydrogens is 328 g/mol. The number of pyridine rings is 1. The van der Waals surface area contributed by atoms with E-state index >= 15 is 0 Å². The van der Waals surface area contributed by atoms with Gasteiger partial charge < -0.3 is 9.55 Å². The van der Waals surface area contributed by atoms with Crippen molar-refractivity contribution in [2.24, 2.45) is 0 Å². The van der Waals surface area contributed by atoms with Gasteiger partial charge in [-0.3, -0.25) is 9.59 Å². The summed E-state index contributed by atoms with van der Waals surface area (Å²) in [5.74, 6) is 0. The van der Waals surface area contributed by atoms with Crippen LogP contribution in [0.5, 0.6) is 0 Å². The largest absolute Gasteiger partial charge is 0.327 e. The van der Waals surface area contributed by atoms with E-state index < -0.39 is 0 Å². The number of nitrogens with one attached hydrogen (secondary N) is 1. The van der Waals surface area contributed by atoms with Crippen LogP contribution in [0.3, 0.4) is 0 Å². The van der Waals surface area contributed by atoms with Crippen LogP contribution in [0.1, 0.15) is 17.0 Å². The second kappa shape index (κ2) is 5.84. The van der Waals surface area contributed by atoms with Crippen LogP contribution in [0.15, 0.2) is 58.4 Å². The van der Waals surface area contributed by atoms with Gasteiger partial charge >= 0.3 is 0 Å². The SMILES string of the molecule is Cc1cccc(-n2c(C)c3cnn(-c4ccc(=O)[nH]c4)c(=O)c3c2C)c1. The van der Waals surface area contributed by atoms with Gasteiger partial charge in [0.2, 0.25) is 5.56 Å². The molecule has 6 heteroatoms. The molecule has 4 rings (SSSR count). The fourth-order valence-electron chi connectivity index (χ4n) is 3.43. The Kier molecular flexibility index (Phi) is 3.61. The summed E-state index contributed by atoms with van der Waals surface area (Å²) >= 11 is 0. The number of rotatable bonds is 2. The van der Waals surface area contributed by atoms with Crippen LogP contribution in [0.2, 0.25) is 0 Å². The third kappa shape index (κ3) is 2.38. The number of H-pyrrole nitrogens is 1. The summed E-state index contributed by atoms with van der Waals surface area (Å²) in [4.78, 5) is 26.9. The second-order valence-corrected chi connectivity index (χ2v) is 6.41. The van der Waals surface area contributed by atoms with Gasteiger partial charge in [-0.2, -0.15) is 9.78 Å². The Balaban J connectivity index is 2.02. The Morgan fingerprint density at radius 2 is 1.77 bits per heavy atom. The molecule has 3 aromatic heterocycles. The highest BCUT2D eigenvalue weighted by molar-refractivity contribution is 5.88. The minimum absolute atomic E-state index is 0.207. The van der Waals surface area contributed by atoms with Gasteiger partial charge in [-0.1, -0.05) is 12.1 Å². The molecule has 1 N–H and O–H groups in total. The Morgan fingerprint density at radius 3 is 2.46 bits per heavy atom. The average molecular weight is 346 g/mol. The molecule has 0 amide bonds. The predicted octanol–water partition coefficient (Wildman–Crippen LogP) is 2.79. The number of hydrogen-bond donors (Lipinski definition) is 1. The summed E-state index contributed by atoms with van der Waals surface area (Å²) in [6.07, 6.45) is 3.19. The molecule has 0 unspecified atom stereocenters. The third-order valence-electron chi connectivity index (χ3n) is 4.67. The lowest BCUT2D eigenvalue weighted by Crippen LogP contribution is -2.22. The van der Waals surface area contributed by atoms with Crippen molar-refractivity contribution in [1.82, 2.24) is 19.3 Å². The van der Waals surface area contributed by atoms with Crippen LogP contribution >= 0.6 is 0 Å². The smallest absolute Gasteiger partial charge is 0.281 e. The van der Waals surface area contributed by atoms with Crippen molar-refractivity contribution in [1.29, 1.82) is 0 Å². The van der Waals surface area contributed by atoms with Crippen molar-refractivity contribution in [3.05, 3.63) is 86.5 Å². The Bertz CT molecular complexity index is 1240. The highest BCUT2D eigenvalue weighted by Crippen LogP contribution is 2.26. The van der Waals surface area contributed by atoms with Crippen LogP contribution < -0.4 is 11.1 Å². The molecule has 1 aromatic carbocycles. The molecule has 0 aliphatic heterocycles. The molecule has 0 saturated heterocycles. The van der Waals surface area contributed by atoms with Gasteiger partial charge in [-0.15, -0.1) is 0 Å². The molecule has 0 aliphatic carbocycles. The fraction of sp³-hybridized carbons (Fsp3) is 0.150. The fourth-order valence-corrected chi connectivity index (χ4v) is 3.43. The molecule has 4 aromatic rings. The topological polar surface area (TPSA) is 72.7 Å². The Hall–Kier alpha value is -3.41. The second-order valence-electron chi connectivity index (χ2n) is 6.41. The maximum Gasteiger partial charge on any atom is 0.281 e. The van der Waals surface area contributed by atoms with E-state index in [1.807, 2.05) is 39.0 Å². The molecule has 0 saturated carbocycles. The van der Waals surface area contributed by atoms with Gasteiger partial charge in [-0.05, 0) is 44.5 Å². The van der Waals surface area contributed by atoms with E-state index in [-0.39, 0.29) is 11.1 Å². The first-order chi connectivity index (χ1) is 12.5. The number of hydrogen-bond acceptors (Lipinski definition) is 3. The standard InChI is InChI=1S/C20H18N4O2/c1-12-5-4-6-15(9-12)23-13(2)17-11-22-24(20(26)19(17)14(23)3)16-7-8-18(25)21-10-16/h4-11H,1-3H3,(H,21,25). The summed E-state index contributed by atoms with van der Waals surface area (Å²) < 4.78 is 3.39. The van der Waals surface area contributed by atoms with Crippen LogP contribution in [0, 0.1) is 20.8 Å². The van der Waals surface area contributed by atoms with Gasteiger partial charge in [0.05, 0.1) is 17.3 Å². The lowest BCUT2D eigenvalue weighted by atomic mass is 10.2. The Morgan fingerprint density at radius 1 is 0.962 bits per heavy atom. The normalized spacial score (nSPS) is 11.2. The van der Waals surface area contributed by atoms with E-state index in [4.69, 9.17) is 0 Å². The molecule has 6 nitrogen and oxygen atoms in total. The van der Waals surface area contributed by atoms with Gasteiger partial charge in [0.25, 0.3) is 5.56 Å². The van der Waals surface area contributed by atoms with Gasteiger partial charge in [-0.25, -0.2) is 0 Å². The minimum Gasteiger partial charge on any atom is -0.327 e. The van der Waals surface area contributed by atoms with Gasteiger partial charge in [0.15, 0.2) is 0 Å². The molecular formula is C20H18N4O2. The van der Waals surface area contributed by atoms with E-state index in [1.165, 1.54) is 16.9 Å². The number of nitrogens with zero attached hydrogens (tertiary/aromatic N) is 3. The molecule has 0 fully saturated rings. The summed E-state index contributed by atoms with van der Waals surface area (Å²) in [5, 5.41) is 5.76. The number of fused-ring (bicyclic) bond motifs is 1. The van der Waals surface area contributed by atoms with Gasteiger partial charge in [0, 0.05) is 34.7 Å². The summed E-state index contributed by atoms with van der Waals surface area (Å²) in [5.41, 5.74) is 4.11. The molecule has 0 radical (unpaired) electrons. The van der Waals surface area contributed by atoms with Crippen molar-refractivity contribution in [2.45, 2.75) is 20.8 Å². The first-order valence-electron chi connectivity index (χ1n) is 8.33. The molecule has 26 heavy (non-hydrogen) atoms. The molecule has 0 atom stereocenters. The number of aromatic nitrogens is 4. The van der Waals surface area contributed by atoms with Crippen LogP contribution in [-0.2, 0) is 0 Å². The van der Waals surface area contributed by atoms with E-state index in [0.29, 0.717) is 11.1 Å². The monoisotopic (exact) mass is 346 g/mol. The maximum atomic E-state index is 13.1. The zero-order valence-corrected chi connectivity index (χ0v) is 14.8. The zero-order valence-electron chi connectivity index (χ0n) is 14.8. The number of aromatic amines is 1. The number of benzene rings is 1. The van der Waals surface area contributed by atoms with Crippen molar-refractivity contribution < 1.29 is 0 Å². The van der Waals surface area contributed by atoms with Crippen LogP contribution in [-0.4, -0.2) is 19.3 Å². The van der Waals surface area contributed by atoms with E-state index in [1.54, 1.807) is 12.3 Å². The van der Waals surface area contributed by atoms with Gasteiger partial charge in [0.1, 0.15) is 0 Å². The van der Waals surface area contributed by atoms with Crippen LogP contribution in [0.25, 0.3) is 22.1 Å². The average Bonchev–Trinajstić information content (AvgIpc) is 2.87. The highest BCUT2D eigenvalue weighted by Gasteiger charge is 2.17. The highest BCUT2D eigenvalue weighted by atomic mass is 16.1. The number of aryl methyl sites for hydroxylation is 3. The summed E-state index contributed by atoms with van der Waals surface area (Å²) in [6, 6.07) is 11.1. The third-order valence-corrected chi connectivity index (χ3v) is 4.67. The van der Waals surface area contributed by atoms with Crippen molar-refractivity contribution in [3.63, 3.8) is 0 Å². The molecule has 130 valence electrons. The first-order valence-corrected chi connectivity index (χ1v) is 8.33. The zero-order chi connectivity index (χ0) is 18.4. The molecule has 0 aliphatic rings. The van der Waals surface area contributed by atoms with Crippen molar-refractivity contribution in [3.8, 4) is 11.4 Å². The van der Waals surface area contributed by atoms with Crippen molar-refractivity contribution in [2.75, 3.05) is 0 Å². The lowest BCUT2D eigenvalue weighted by molar-refractivity contribution is 0.814. The van der Waals surface area contributed by atoms with Crippen molar-refractivity contribution >= 4 is 10.8 Å². The summed E-state index contributed by atoms with van der Waals surface area (Å²) in [6.45, 7) is 5.97. The Labute approximate surface area is 149 Å².